The standard InChI is InChI=1S/C17H17NO4/c1-2-22-15(21)16-10-6-7-11-17(16,18-14(20)13(16)19)12-8-4-3-5-9-12/h3-9H,2,10-11H2,1H3,(H,18,20)/t16-,17+/m0/s1. The number of ether oxygens (including phenoxy) is 1. The Morgan fingerprint density at radius 1 is 1.18 bits per heavy atom. The normalized spacial score (nSPS) is 29.9. The maximum absolute atomic E-state index is 12.7. The van der Waals surface area contributed by atoms with Crippen molar-refractivity contribution < 1.29 is 19.1 Å². The third-order valence-electron chi connectivity index (χ3n) is 4.55. The summed E-state index contributed by atoms with van der Waals surface area (Å²) in [5.74, 6) is -2.06. The van der Waals surface area contributed by atoms with E-state index < -0.39 is 28.6 Å². The van der Waals surface area contributed by atoms with Gasteiger partial charge in [-0.25, -0.2) is 0 Å². The maximum Gasteiger partial charge on any atom is 0.323 e. The van der Waals surface area contributed by atoms with Gasteiger partial charge in [-0.05, 0) is 25.3 Å². The van der Waals surface area contributed by atoms with Crippen LogP contribution in [0.4, 0.5) is 0 Å². The molecule has 0 unspecified atom stereocenters. The summed E-state index contributed by atoms with van der Waals surface area (Å²) in [7, 11) is 0. The number of amides is 1. The Bertz CT molecular complexity index is 666. The van der Waals surface area contributed by atoms with E-state index in [-0.39, 0.29) is 13.0 Å². The molecule has 114 valence electrons. The Kier molecular flexibility index (Phi) is 3.35. The smallest absolute Gasteiger partial charge is 0.323 e. The Labute approximate surface area is 128 Å². The lowest BCUT2D eigenvalue weighted by atomic mass is 9.60. The highest BCUT2D eigenvalue weighted by molar-refractivity contribution is 6.45. The zero-order valence-corrected chi connectivity index (χ0v) is 12.3. The van der Waals surface area contributed by atoms with Gasteiger partial charge < -0.3 is 10.1 Å². The summed E-state index contributed by atoms with van der Waals surface area (Å²) in [4.78, 5) is 37.4. The van der Waals surface area contributed by atoms with Gasteiger partial charge in [0.05, 0.1) is 12.1 Å². The van der Waals surface area contributed by atoms with Gasteiger partial charge in [-0.2, -0.15) is 0 Å². The van der Waals surface area contributed by atoms with Crippen LogP contribution in [0.5, 0.6) is 0 Å². The number of fused-ring (bicyclic) bond motifs is 1. The van der Waals surface area contributed by atoms with Crippen LogP contribution in [0.15, 0.2) is 42.5 Å². The second-order valence-electron chi connectivity index (χ2n) is 5.56. The second kappa shape index (κ2) is 5.09. The van der Waals surface area contributed by atoms with Crippen molar-refractivity contribution in [2.75, 3.05) is 6.61 Å². The Morgan fingerprint density at radius 2 is 1.86 bits per heavy atom. The second-order valence-corrected chi connectivity index (χ2v) is 5.56. The summed E-state index contributed by atoms with van der Waals surface area (Å²) in [6, 6.07) is 9.15. The lowest BCUT2D eigenvalue weighted by Gasteiger charge is -2.43. The summed E-state index contributed by atoms with van der Waals surface area (Å²) < 4.78 is 5.17. The van der Waals surface area contributed by atoms with Crippen molar-refractivity contribution in [2.24, 2.45) is 5.41 Å². The number of benzene rings is 1. The average molecular weight is 299 g/mol. The molecule has 5 nitrogen and oxygen atoms in total. The summed E-state index contributed by atoms with van der Waals surface area (Å²) in [5, 5.41) is 2.77. The largest absolute Gasteiger partial charge is 0.465 e. The van der Waals surface area contributed by atoms with E-state index in [0.717, 1.165) is 5.56 Å². The maximum atomic E-state index is 12.7. The molecule has 2 aliphatic rings. The fourth-order valence-corrected chi connectivity index (χ4v) is 3.52. The predicted molar refractivity (Wildman–Crippen MR) is 78.7 cm³/mol. The topological polar surface area (TPSA) is 72.5 Å². The number of ketones is 1. The van der Waals surface area contributed by atoms with Crippen molar-refractivity contribution in [3.05, 3.63) is 48.0 Å². The van der Waals surface area contributed by atoms with Gasteiger partial charge in [-0.3, -0.25) is 14.4 Å². The molecule has 0 saturated carbocycles. The highest BCUT2D eigenvalue weighted by atomic mass is 16.5. The third-order valence-corrected chi connectivity index (χ3v) is 4.55. The van der Waals surface area contributed by atoms with E-state index in [2.05, 4.69) is 5.32 Å². The van der Waals surface area contributed by atoms with Crippen molar-refractivity contribution in [1.29, 1.82) is 0 Å². The molecule has 1 aliphatic carbocycles. The van der Waals surface area contributed by atoms with Crippen LogP contribution in [0.25, 0.3) is 0 Å². The minimum absolute atomic E-state index is 0.163. The number of nitrogens with one attached hydrogen (secondary N) is 1. The number of Topliss-reactive ketones (excluding diaryl/α,β-unsaturated/α-hetero) is 1. The molecule has 1 aliphatic heterocycles. The van der Waals surface area contributed by atoms with E-state index in [1.165, 1.54) is 0 Å². The summed E-state index contributed by atoms with van der Waals surface area (Å²) in [5.41, 5.74) is -1.84. The molecule has 1 N–H and O–H groups in total. The van der Waals surface area contributed by atoms with Crippen molar-refractivity contribution in [2.45, 2.75) is 25.3 Å². The molecule has 3 rings (SSSR count). The van der Waals surface area contributed by atoms with E-state index in [1.54, 1.807) is 13.0 Å². The van der Waals surface area contributed by atoms with E-state index >= 15 is 0 Å². The van der Waals surface area contributed by atoms with Gasteiger partial charge in [0.15, 0.2) is 5.41 Å². The molecule has 1 aromatic carbocycles. The molecule has 2 atom stereocenters. The van der Waals surface area contributed by atoms with Crippen LogP contribution in [0.2, 0.25) is 0 Å². The molecule has 1 aromatic rings. The molecule has 5 heteroatoms. The molecule has 1 saturated heterocycles. The lowest BCUT2D eigenvalue weighted by Crippen LogP contribution is -2.56. The molecule has 22 heavy (non-hydrogen) atoms. The highest BCUT2D eigenvalue weighted by Crippen LogP contribution is 2.53. The van der Waals surface area contributed by atoms with Crippen molar-refractivity contribution >= 4 is 17.7 Å². The SMILES string of the molecule is CCOC(=O)[C@@]12CC=CC[C@]1(c1ccccc1)NC(=O)C2=O. The van der Waals surface area contributed by atoms with Crippen LogP contribution in [0, 0.1) is 5.41 Å². The van der Waals surface area contributed by atoms with Gasteiger partial charge in [0.1, 0.15) is 0 Å². The average Bonchev–Trinajstić information content (AvgIpc) is 2.79. The first-order valence-corrected chi connectivity index (χ1v) is 7.33. The van der Waals surface area contributed by atoms with Crippen LogP contribution < -0.4 is 5.32 Å². The van der Waals surface area contributed by atoms with Crippen molar-refractivity contribution in [3.63, 3.8) is 0 Å². The first-order valence-electron chi connectivity index (χ1n) is 7.33. The fourth-order valence-electron chi connectivity index (χ4n) is 3.52. The monoisotopic (exact) mass is 299 g/mol. The Morgan fingerprint density at radius 3 is 2.55 bits per heavy atom. The van der Waals surface area contributed by atoms with Gasteiger partial charge in [-0.15, -0.1) is 0 Å². The molecule has 1 amide bonds. The number of esters is 1. The van der Waals surface area contributed by atoms with Crippen LogP contribution in [-0.4, -0.2) is 24.3 Å². The fraction of sp³-hybridized carbons (Fsp3) is 0.353. The van der Waals surface area contributed by atoms with Crippen molar-refractivity contribution in [3.8, 4) is 0 Å². The van der Waals surface area contributed by atoms with E-state index in [4.69, 9.17) is 4.74 Å². The number of carbonyl (C=O) groups excluding carboxylic acids is 3. The molecule has 1 fully saturated rings. The minimum atomic E-state index is -1.52. The Balaban J connectivity index is 2.24. The molecule has 1 heterocycles. The first kappa shape index (κ1) is 14.5. The minimum Gasteiger partial charge on any atom is -0.465 e. The number of hydrogen-bond acceptors (Lipinski definition) is 4. The molecule has 0 bridgehead atoms. The summed E-state index contributed by atoms with van der Waals surface area (Å²) in [6.45, 7) is 1.85. The van der Waals surface area contributed by atoms with Gasteiger partial charge in [0, 0.05) is 0 Å². The number of rotatable bonds is 3. The van der Waals surface area contributed by atoms with Gasteiger partial charge in [-0.1, -0.05) is 42.5 Å². The quantitative estimate of drug-likeness (QED) is 0.397. The van der Waals surface area contributed by atoms with Crippen molar-refractivity contribution in [1.82, 2.24) is 5.32 Å². The molecule has 0 spiro atoms. The third kappa shape index (κ3) is 1.68. The van der Waals surface area contributed by atoms with Gasteiger partial charge in [0.25, 0.3) is 5.91 Å². The van der Waals surface area contributed by atoms with Gasteiger partial charge >= 0.3 is 5.97 Å². The number of carbonyl (C=O) groups is 3. The zero-order chi connectivity index (χ0) is 15.8. The molecular formula is C17H17NO4. The number of hydrogen-bond donors (Lipinski definition) is 1. The molecule has 0 aromatic heterocycles. The van der Waals surface area contributed by atoms with E-state index in [0.29, 0.717) is 6.42 Å². The predicted octanol–water partition coefficient (Wildman–Crippen LogP) is 1.48. The molecular weight excluding hydrogens is 282 g/mol. The van der Waals surface area contributed by atoms with Gasteiger partial charge in [0.2, 0.25) is 5.78 Å². The zero-order valence-electron chi connectivity index (χ0n) is 12.3. The summed E-state index contributed by atoms with van der Waals surface area (Å²) >= 11 is 0. The lowest BCUT2D eigenvalue weighted by molar-refractivity contribution is -0.164. The molecule has 0 radical (unpaired) electrons. The highest BCUT2D eigenvalue weighted by Gasteiger charge is 2.70. The van der Waals surface area contributed by atoms with Crippen LogP contribution in [0.3, 0.4) is 0 Å². The first-order chi connectivity index (χ1) is 10.6. The van der Waals surface area contributed by atoms with Crippen LogP contribution >= 0.6 is 0 Å². The number of allylic oxidation sites excluding steroid dienone is 1. The van der Waals surface area contributed by atoms with Crippen LogP contribution in [-0.2, 0) is 24.7 Å². The summed E-state index contributed by atoms with van der Waals surface area (Å²) in [6.07, 6.45) is 4.21. The Hall–Kier alpha value is -2.43. The van der Waals surface area contributed by atoms with E-state index in [9.17, 15) is 14.4 Å². The van der Waals surface area contributed by atoms with Crippen LogP contribution in [0.1, 0.15) is 25.3 Å². The van der Waals surface area contributed by atoms with E-state index in [1.807, 2.05) is 36.4 Å².